The lowest BCUT2D eigenvalue weighted by atomic mass is 9.89. The van der Waals surface area contributed by atoms with Crippen LogP contribution in [0.15, 0.2) is 23.8 Å². The normalized spacial score (nSPS) is 13.7. The van der Waals surface area contributed by atoms with E-state index in [1.54, 1.807) is 5.57 Å². The fourth-order valence-electron chi connectivity index (χ4n) is 1.65. The molecule has 0 aliphatic rings. The summed E-state index contributed by atoms with van der Waals surface area (Å²) >= 11 is 0. The maximum absolute atomic E-state index is 2.37. The van der Waals surface area contributed by atoms with Gasteiger partial charge in [-0.3, -0.25) is 0 Å². The maximum Gasteiger partial charge on any atom is -0.0167 e. The second kappa shape index (κ2) is 8.61. The Balaban J connectivity index is 3.63. The van der Waals surface area contributed by atoms with Gasteiger partial charge in [-0.25, -0.2) is 0 Å². The fourth-order valence-corrected chi connectivity index (χ4v) is 1.65. The van der Waals surface area contributed by atoms with Gasteiger partial charge in [0.1, 0.15) is 0 Å². The third-order valence-corrected chi connectivity index (χ3v) is 2.72. The third kappa shape index (κ3) is 11.6. The van der Waals surface area contributed by atoms with Crippen molar-refractivity contribution in [2.45, 2.75) is 73.1 Å². The van der Waals surface area contributed by atoms with Crippen LogP contribution in [0.4, 0.5) is 0 Å². The molecular weight excluding hydrogens is 192 g/mol. The SMILES string of the molecule is CCC/C=C/C/C=C(/C)CCCC(C)(C)C. The molecule has 0 N–H and O–H groups in total. The van der Waals surface area contributed by atoms with E-state index in [1.807, 2.05) is 0 Å². The lowest BCUT2D eigenvalue weighted by molar-refractivity contribution is 0.365. The van der Waals surface area contributed by atoms with Crippen molar-refractivity contribution in [3.05, 3.63) is 23.8 Å². The Kier molecular flexibility index (Phi) is 8.33. The minimum absolute atomic E-state index is 0.487. The van der Waals surface area contributed by atoms with Gasteiger partial charge in [-0.05, 0) is 44.4 Å². The zero-order chi connectivity index (χ0) is 12.4. The van der Waals surface area contributed by atoms with Crippen molar-refractivity contribution in [3.8, 4) is 0 Å². The van der Waals surface area contributed by atoms with Crippen molar-refractivity contribution in [3.63, 3.8) is 0 Å². The van der Waals surface area contributed by atoms with E-state index in [4.69, 9.17) is 0 Å². The van der Waals surface area contributed by atoms with Crippen molar-refractivity contribution < 1.29 is 0 Å². The number of allylic oxidation sites excluding steroid dienone is 4. The average molecular weight is 222 g/mol. The molecule has 0 aromatic rings. The number of unbranched alkanes of at least 4 members (excludes halogenated alkanes) is 1. The molecule has 0 atom stereocenters. The van der Waals surface area contributed by atoms with Crippen LogP contribution in [-0.2, 0) is 0 Å². The average Bonchev–Trinajstić information content (AvgIpc) is 2.15. The topological polar surface area (TPSA) is 0 Å². The highest BCUT2D eigenvalue weighted by molar-refractivity contribution is 5.02. The Bertz CT molecular complexity index is 213. The van der Waals surface area contributed by atoms with E-state index in [0.717, 1.165) is 6.42 Å². The molecule has 0 spiro atoms. The molecule has 16 heavy (non-hydrogen) atoms. The molecule has 0 aliphatic carbocycles. The van der Waals surface area contributed by atoms with Crippen molar-refractivity contribution in [2.24, 2.45) is 5.41 Å². The van der Waals surface area contributed by atoms with Crippen LogP contribution in [0.5, 0.6) is 0 Å². The van der Waals surface area contributed by atoms with Gasteiger partial charge in [0, 0.05) is 0 Å². The molecular formula is C16H30. The van der Waals surface area contributed by atoms with Crippen LogP contribution in [0.2, 0.25) is 0 Å². The first-order valence-electron chi connectivity index (χ1n) is 6.76. The first kappa shape index (κ1) is 15.5. The molecule has 0 saturated carbocycles. The molecule has 0 nitrogen and oxygen atoms in total. The Morgan fingerprint density at radius 1 is 1.12 bits per heavy atom. The fraction of sp³-hybridized carbons (Fsp3) is 0.750. The quantitative estimate of drug-likeness (QED) is 0.471. The molecule has 0 heteroatoms. The summed E-state index contributed by atoms with van der Waals surface area (Å²) in [6.07, 6.45) is 14.4. The first-order valence-corrected chi connectivity index (χ1v) is 6.76. The van der Waals surface area contributed by atoms with Crippen molar-refractivity contribution >= 4 is 0 Å². The Labute approximate surface area is 103 Å². The molecule has 0 aromatic carbocycles. The Morgan fingerprint density at radius 3 is 2.38 bits per heavy atom. The summed E-state index contributed by atoms with van der Waals surface area (Å²) in [5.41, 5.74) is 2.03. The van der Waals surface area contributed by atoms with Crippen molar-refractivity contribution in [2.75, 3.05) is 0 Å². The van der Waals surface area contributed by atoms with Crippen LogP contribution in [0, 0.1) is 5.41 Å². The largest absolute Gasteiger partial charge is 0.0882 e. The summed E-state index contributed by atoms with van der Waals surface area (Å²) in [7, 11) is 0. The maximum atomic E-state index is 2.37. The van der Waals surface area contributed by atoms with Crippen LogP contribution in [-0.4, -0.2) is 0 Å². The second-order valence-electron chi connectivity index (χ2n) is 5.96. The molecule has 0 radical (unpaired) electrons. The van der Waals surface area contributed by atoms with Crippen molar-refractivity contribution in [1.82, 2.24) is 0 Å². The van der Waals surface area contributed by atoms with Gasteiger partial charge in [0.25, 0.3) is 0 Å². The predicted octanol–water partition coefficient (Wildman–Crippen LogP) is 5.90. The highest BCUT2D eigenvalue weighted by atomic mass is 14.1. The van der Waals surface area contributed by atoms with Gasteiger partial charge in [-0.2, -0.15) is 0 Å². The van der Waals surface area contributed by atoms with Gasteiger partial charge >= 0.3 is 0 Å². The molecule has 0 bridgehead atoms. The van der Waals surface area contributed by atoms with Gasteiger partial charge in [-0.1, -0.05) is 57.9 Å². The Morgan fingerprint density at radius 2 is 1.81 bits per heavy atom. The van der Waals surface area contributed by atoms with Crippen molar-refractivity contribution in [1.29, 1.82) is 0 Å². The van der Waals surface area contributed by atoms with Gasteiger partial charge < -0.3 is 0 Å². The van der Waals surface area contributed by atoms with Crippen LogP contribution in [0.3, 0.4) is 0 Å². The molecule has 0 aliphatic heterocycles. The zero-order valence-corrected chi connectivity index (χ0v) is 12.0. The minimum atomic E-state index is 0.487. The zero-order valence-electron chi connectivity index (χ0n) is 12.0. The third-order valence-electron chi connectivity index (χ3n) is 2.72. The number of hydrogen-bond acceptors (Lipinski definition) is 0. The van der Waals surface area contributed by atoms with Crippen LogP contribution < -0.4 is 0 Å². The van der Waals surface area contributed by atoms with Gasteiger partial charge in [0.05, 0.1) is 0 Å². The highest BCUT2D eigenvalue weighted by Gasteiger charge is 2.08. The minimum Gasteiger partial charge on any atom is -0.0882 e. The van der Waals surface area contributed by atoms with E-state index in [0.29, 0.717) is 5.41 Å². The summed E-state index contributed by atoms with van der Waals surface area (Å²) in [5.74, 6) is 0. The van der Waals surface area contributed by atoms with E-state index < -0.39 is 0 Å². The van der Waals surface area contributed by atoms with Gasteiger partial charge in [0.15, 0.2) is 0 Å². The van der Waals surface area contributed by atoms with Crippen LogP contribution >= 0.6 is 0 Å². The first-order chi connectivity index (χ1) is 7.45. The van der Waals surface area contributed by atoms with Crippen LogP contribution in [0.1, 0.15) is 73.1 Å². The molecule has 0 fully saturated rings. The molecule has 0 amide bonds. The molecule has 0 heterocycles. The summed E-state index contributed by atoms with van der Waals surface area (Å²) in [6.45, 7) is 11.4. The summed E-state index contributed by atoms with van der Waals surface area (Å²) in [5, 5.41) is 0. The molecule has 0 rings (SSSR count). The standard InChI is InChI=1S/C16H30/c1-6-7-8-9-10-12-15(2)13-11-14-16(3,4)5/h8-9,12H,6-7,10-11,13-14H2,1-5H3/b9-8+,15-12-. The monoisotopic (exact) mass is 222 g/mol. The lowest BCUT2D eigenvalue weighted by Gasteiger charge is -2.17. The molecule has 0 saturated heterocycles. The Hall–Kier alpha value is -0.520. The smallest absolute Gasteiger partial charge is 0.0167 e. The summed E-state index contributed by atoms with van der Waals surface area (Å²) in [6, 6.07) is 0. The summed E-state index contributed by atoms with van der Waals surface area (Å²) in [4.78, 5) is 0. The van der Waals surface area contributed by atoms with E-state index >= 15 is 0 Å². The number of hydrogen-bond donors (Lipinski definition) is 0. The summed E-state index contributed by atoms with van der Waals surface area (Å²) < 4.78 is 0. The molecule has 94 valence electrons. The van der Waals surface area contributed by atoms with E-state index in [1.165, 1.54) is 32.1 Å². The molecule has 0 unspecified atom stereocenters. The second-order valence-corrected chi connectivity index (χ2v) is 5.96. The van der Waals surface area contributed by atoms with E-state index in [-0.39, 0.29) is 0 Å². The van der Waals surface area contributed by atoms with E-state index in [9.17, 15) is 0 Å². The number of rotatable bonds is 7. The highest BCUT2D eigenvalue weighted by Crippen LogP contribution is 2.23. The van der Waals surface area contributed by atoms with E-state index in [2.05, 4.69) is 52.8 Å². The molecule has 0 aromatic heterocycles. The predicted molar refractivity (Wildman–Crippen MR) is 75.7 cm³/mol. The van der Waals surface area contributed by atoms with Gasteiger partial charge in [-0.15, -0.1) is 0 Å². The van der Waals surface area contributed by atoms with Gasteiger partial charge in [0.2, 0.25) is 0 Å². The lowest BCUT2D eigenvalue weighted by Crippen LogP contribution is -2.03. The van der Waals surface area contributed by atoms with Crippen LogP contribution in [0.25, 0.3) is 0 Å².